The molecule has 1 aromatic rings. The second-order valence-electron chi connectivity index (χ2n) is 4.62. The third-order valence-electron chi connectivity index (χ3n) is 3.05. The number of hydrogen-bond donors (Lipinski definition) is 2. The van der Waals surface area contributed by atoms with E-state index in [1.54, 1.807) is 0 Å². The molecule has 0 radical (unpaired) electrons. The van der Waals surface area contributed by atoms with E-state index in [2.05, 4.69) is 13.0 Å². The molecule has 0 heterocycles. The van der Waals surface area contributed by atoms with E-state index in [1.807, 2.05) is 12.1 Å². The number of nitrogens with two attached hydrogens (primary N) is 2. The van der Waals surface area contributed by atoms with Crippen LogP contribution >= 0.6 is 0 Å². The summed E-state index contributed by atoms with van der Waals surface area (Å²) in [6.07, 6.45) is 2.63. The molecule has 1 atom stereocenters. The first kappa shape index (κ1) is 11.4. The first-order valence-corrected chi connectivity index (χ1v) is 5.89. The summed E-state index contributed by atoms with van der Waals surface area (Å²) in [5.74, 6) is 1.75. The second kappa shape index (κ2) is 4.85. The van der Waals surface area contributed by atoms with E-state index in [0.717, 1.165) is 29.4 Å². The molecule has 1 unspecified atom stereocenters. The number of aryl methyl sites for hydroxylation is 1. The van der Waals surface area contributed by atoms with Crippen molar-refractivity contribution in [2.75, 3.05) is 13.2 Å². The summed E-state index contributed by atoms with van der Waals surface area (Å²) in [6, 6.07) is 6.01. The van der Waals surface area contributed by atoms with Gasteiger partial charge < -0.3 is 16.2 Å². The Bertz CT molecular complexity index is 361. The van der Waals surface area contributed by atoms with Gasteiger partial charge >= 0.3 is 0 Å². The quantitative estimate of drug-likeness (QED) is 0.794. The molecule has 1 aromatic carbocycles. The molecule has 4 N–H and O–H groups in total. The van der Waals surface area contributed by atoms with Gasteiger partial charge in [0.25, 0.3) is 0 Å². The Kier molecular flexibility index (Phi) is 3.46. The Morgan fingerprint density at radius 2 is 2.19 bits per heavy atom. The summed E-state index contributed by atoms with van der Waals surface area (Å²) in [7, 11) is 0. The number of hydrogen-bond acceptors (Lipinski definition) is 3. The Morgan fingerprint density at radius 3 is 2.75 bits per heavy atom. The Balaban J connectivity index is 2.02. The van der Waals surface area contributed by atoms with Crippen LogP contribution < -0.4 is 16.2 Å². The van der Waals surface area contributed by atoms with Crippen molar-refractivity contribution < 1.29 is 4.74 Å². The van der Waals surface area contributed by atoms with E-state index in [1.165, 1.54) is 12.8 Å². The smallest absolute Gasteiger partial charge is 0.122 e. The molecule has 3 nitrogen and oxygen atoms in total. The van der Waals surface area contributed by atoms with Crippen molar-refractivity contribution in [1.29, 1.82) is 0 Å². The highest BCUT2D eigenvalue weighted by Crippen LogP contribution is 2.30. The van der Waals surface area contributed by atoms with Gasteiger partial charge in [-0.1, -0.05) is 12.1 Å². The molecule has 1 fully saturated rings. The van der Waals surface area contributed by atoms with Crippen molar-refractivity contribution in [3.05, 3.63) is 29.3 Å². The van der Waals surface area contributed by atoms with Gasteiger partial charge in [0.1, 0.15) is 5.75 Å². The van der Waals surface area contributed by atoms with Crippen LogP contribution in [0.25, 0.3) is 0 Å². The zero-order chi connectivity index (χ0) is 11.5. The molecule has 0 bridgehead atoms. The fraction of sp³-hybridized carbons (Fsp3) is 0.538. The largest absolute Gasteiger partial charge is 0.493 e. The van der Waals surface area contributed by atoms with Crippen LogP contribution in [0.4, 0.5) is 0 Å². The lowest BCUT2D eigenvalue weighted by Gasteiger charge is -2.13. The van der Waals surface area contributed by atoms with Crippen molar-refractivity contribution in [2.45, 2.75) is 25.8 Å². The number of benzene rings is 1. The van der Waals surface area contributed by atoms with Crippen LogP contribution in [0, 0.1) is 12.8 Å². The molecule has 0 spiro atoms. The molecule has 88 valence electrons. The van der Waals surface area contributed by atoms with Gasteiger partial charge in [0.05, 0.1) is 6.61 Å². The fourth-order valence-corrected chi connectivity index (χ4v) is 1.69. The van der Waals surface area contributed by atoms with Crippen molar-refractivity contribution in [3.8, 4) is 5.75 Å². The monoisotopic (exact) mass is 220 g/mol. The normalized spacial score (nSPS) is 17.2. The van der Waals surface area contributed by atoms with E-state index in [-0.39, 0.29) is 6.04 Å². The maximum absolute atomic E-state index is 5.88. The van der Waals surface area contributed by atoms with Crippen LogP contribution in [0.2, 0.25) is 0 Å². The summed E-state index contributed by atoms with van der Waals surface area (Å²) >= 11 is 0. The third-order valence-corrected chi connectivity index (χ3v) is 3.05. The third kappa shape index (κ3) is 2.74. The first-order valence-electron chi connectivity index (χ1n) is 5.89. The minimum atomic E-state index is -0.0730. The van der Waals surface area contributed by atoms with Gasteiger partial charge in [0, 0.05) is 12.6 Å². The van der Waals surface area contributed by atoms with Gasteiger partial charge in [-0.15, -0.1) is 0 Å². The minimum Gasteiger partial charge on any atom is -0.493 e. The lowest BCUT2D eigenvalue weighted by molar-refractivity contribution is 0.297. The summed E-state index contributed by atoms with van der Waals surface area (Å²) < 4.78 is 5.76. The topological polar surface area (TPSA) is 61.3 Å². The molecule has 3 heteroatoms. The molecule has 0 aromatic heterocycles. The highest BCUT2D eigenvalue weighted by molar-refractivity contribution is 5.37. The zero-order valence-corrected chi connectivity index (χ0v) is 9.78. The van der Waals surface area contributed by atoms with Crippen molar-refractivity contribution >= 4 is 0 Å². The first-order chi connectivity index (χ1) is 7.70. The average Bonchev–Trinajstić information content (AvgIpc) is 3.10. The van der Waals surface area contributed by atoms with E-state index >= 15 is 0 Å². The predicted molar refractivity (Wildman–Crippen MR) is 65.4 cm³/mol. The lowest BCUT2D eigenvalue weighted by Crippen LogP contribution is -2.20. The van der Waals surface area contributed by atoms with Gasteiger partial charge in [-0.2, -0.15) is 0 Å². The Morgan fingerprint density at radius 1 is 1.44 bits per heavy atom. The van der Waals surface area contributed by atoms with Crippen LogP contribution in [0.3, 0.4) is 0 Å². The maximum atomic E-state index is 5.88. The van der Waals surface area contributed by atoms with Crippen LogP contribution in [0.5, 0.6) is 5.75 Å². The van der Waals surface area contributed by atoms with Gasteiger partial charge in [0.15, 0.2) is 0 Å². The zero-order valence-electron chi connectivity index (χ0n) is 9.78. The van der Waals surface area contributed by atoms with Crippen LogP contribution in [-0.2, 0) is 0 Å². The van der Waals surface area contributed by atoms with Crippen molar-refractivity contribution in [3.63, 3.8) is 0 Å². The summed E-state index contributed by atoms with van der Waals surface area (Å²) in [6.45, 7) is 3.37. The fourth-order valence-electron chi connectivity index (χ4n) is 1.69. The van der Waals surface area contributed by atoms with Gasteiger partial charge in [-0.25, -0.2) is 0 Å². The van der Waals surface area contributed by atoms with Crippen molar-refractivity contribution in [2.24, 2.45) is 17.4 Å². The highest BCUT2D eigenvalue weighted by atomic mass is 16.5. The SMILES string of the molecule is Cc1cc(C(N)CN)ccc1OCC1CC1. The number of ether oxygens (including phenoxy) is 1. The highest BCUT2D eigenvalue weighted by Gasteiger charge is 2.22. The van der Waals surface area contributed by atoms with Crippen LogP contribution in [0.1, 0.15) is 30.0 Å². The van der Waals surface area contributed by atoms with E-state index < -0.39 is 0 Å². The maximum Gasteiger partial charge on any atom is 0.122 e. The molecule has 1 aliphatic rings. The molecule has 2 rings (SSSR count). The molecule has 1 aliphatic carbocycles. The van der Waals surface area contributed by atoms with Crippen molar-refractivity contribution in [1.82, 2.24) is 0 Å². The molecule has 0 aliphatic heterocycles. The number of rotatable bonds is 5. The molecule has 0 saturated heterocycles. The predicted octanol–water partition coefficient (Wildman–Crippen LogP) is 1.74. The van der Waals surface area contributed by atoms with Gasteiger partial charge in [-0.05, 0) is 42.9 Å². The standard InChI is InChI=1S/C13H20N2O/c1-9-6-11(12(15)7-14)4-5-13(9)16-8-10-2-3-10/h4-6,10,12H,2-3,7-8,14-15H2,1H3. The van der Waals surface area contributed by atoms with Gasteiger partial charge in [-0.3, -0.25) is 0 Å². The molecular formula is C13H20N2O. The summed E-state index contributed by atoms with van der Waals surface area (Å²) in [5, 5.41) is 0. The average molecular weight is 220 g/mol. The van der Waals surface area contributed by atoms with E-state index in [9.17, 15) is 0 Å². The van der Waals surface area contributed by atoms with E-state index in [4.69, 9.17) is 16.2 Å². The lowest BCUT2D eigenvalue weighted by atomic mass is 10.0. The Labute approximate surface area is 96.8 Å². The minimum absolute atomic E-state index is 0.0730. The Hall–Kier alpha value is -1.06. The molecule has 16 heavy (non-hydrogen) atoms. The van der Waals surface area contributed by atoms with Crippen LogP contribution in [0.15, 0.2) is 18.2 Å². The summed E-state index contributed by atoms with van der Waals surface area (Å²) in [4.78, 5) is 0. The van der Waals surface area contributed by atoms with Gasteiger partial charge in [0.2, 0.25) is 0 Å². The van der Waals surface area contributed by atoms with E-state index in [0.29, 0.717) is 6.54 Å². The summed E-state index contributed by atoms with van der Waals surface area (Å²) in [5.41, 5.74) is 13.6. The second-order valence-corrected chi connectivity index (χ2v) is 4.62. The molecule has 1 saturated carbocycles. The molecule has 0 amide bonds. The van der Waals surface area contributed by atoms with Crippen LogP contribution in [-0.4, -0.2) is 13.2 Å². The molecular weight excluding hydrogens is 200 g/mol.